The minimum Gasteiger partial charge on any atom is -0.480 e. The van der Waals surface area contributed by atoms with Crippen molar-refractivity contribution in [2.75, 3.05) is 25.4 Å². The van der Waals surface area contributed by atoms with Gasteiger partial charge in [-0.1, -0.05) is 18.2 Å². The summed E-state index contributed by atoms with van der Waals surface area (Å²) in [4.78, 5) is 22.5. The van der Waals surface area contributed by atoms with Crippen LogP contribution in [0.1, 0.15) is 12.0 Å². The molecule has 0 saturated carbocycles. The molecule has 2 saturated heterocycles. The van der Waals surface area contributed by atoms with Crippen LogP contribution in [0.15, 0.2) is 42.7 Å². The Morgan fingerprint density at radius 2 is 1.97 bits per heavy atom. The molecule has 3 aliphatic rings. The van der Waals surface area contributed by atoms with Gasteiger partial charge in [0.25, 0.3) is 5.91 Å². The standard InChI is InChI=1S/C20H21N3O5S/c24-18(17-10-14-4-1-2-5-16(14)28-17)23-12-20(13-23)15(6-9-29(20,25)26)11-27-19-21-7-3-8-22-19/h1-5,7-8,15,17H,6,9-13H2. The maximum atomic E-state index is 12.9. The fraction of sp³-hybridized carbons (Fsp3) is 0.450. The first kappa shape index (κ1) is 18.4. The van der Waals surface area contributed by atoms with Crippen molar-refractivity contribution < 1.29 is 22.7 Å². The summed E-state index contributed by atoms with van der Waals surface area (Å²) in [6.45, 7) is 0.596. The number of likely N-dealkylation sites (tertiary alicyclic amines) is 1. The second-order valence-electron chi connectivity index (χ2n) is 7.82. The van der Waals surface area contributed by atoms with Crippen molar-refractivity contribution in [1.29, 1.82) is 0 Å². The molecule has 4 heterocycles. The van der Waals surface area contributed by atoms with Gasteiger partial charge in [0, 0.05) is 37.8 Å². The Bertz CT molecular complexity index is 1010. The number of hydrogen-bond acceptors (Lipinski definition) is 7. The van der Waals surface area contributed by atoms with Crippen LogP contribution in [0.3, 0.4) is 0 Å². The van der Waals surface area contributed by atoms with Crippen LogP contribution in [0.25, 0.3) is 0 Å². The molecule has 8 nitrogen and oxygen atoms in total. The summed E-state index contributed by atoms with van der Waals surface area (Å²) in [7, 11) is -3.30. The van der Waals surface area contributed by atoms with Gasteiger partial charge in [0.15, 0.2) is 15.9 Å². The highest BCUT2D eigenvalue weighted by Crippen LogP contribution is 2.45. The number of benzene rings is 1. The Balaban J connectivity index is 1.26. The number of para-hydroxylation sites is 1. The largest absolute Gasteiger partial charge is 0.480 e. The number of carbonyl (C=O) groups excluding carboxylic acids is 1. The molecule has 29 heavy (non-hydrogen) atoms. The topological polar surface area (TPSA) is 98.7 Å². The average Bonchev–Trinajstić information content (AvgIpc) is 3.24. The highest BCUT2D eigenvalue weighted by molar-refractivity contribution is 7.93. The third-order valence-electron chi connectivity index (χ3n) is 6.21. The van der Waals surface area contributed by atoms with Gasteiger partial charge in [-0.05, 0) is 24.1 Å². The van der Waals surface area contributed by atoms with Crippen LogP contribution in [0.4, 0.5) is 0 Å². The van der Waals surface area contributed by atoms with Gasteiger partial charge in [0.05, 0.1) is 12.4 Å². The molecular weight excluding hydrogens is 394 g/mol. The molecule has 0 bridgehead atoms. The van der Waals surface area contributed by atoms with E-state index in [1.54, 1.807) is 23.4 Å². The number of fused-ring (bicyclic) bond motifs is 1. The third-order valence-corrected chi connectivity index (χ3v) is 8.81. The molecule has 9 heteroatoms. The highest BCUT2D eigenvalue weighted by atomic mass is 32.2. The van der Waals surface area contributed by atoms with Crippen LogP contribution < -0.4 is 9.47 Å². The second-order valence-corrected chi connectivity index (χ2v) is 10.3. The number of ether oxygens (including phenoxy) is 2. The van der Waals surface area contributed by atoms with E-state index in [0.29, 0.717) is 12.8 Å². The third kappa shape index (κ3) is 2.95. The van der Waals surface area contributed by atoms with Crippen LogP contribution in [0, 0.1) is 5.92 Å². The van der Waals surface area contributed by atoms with E-state index in [1.165, 1.54) is 0 Å². The van der Waals surface area contributed by atoms with E-state index in [9.17, 15) is 13.2 Å². The molecule has 1 aromatic carbocycles. The molecule has 0 N–H and O–H groups in total. The van der Waals surface area contributed by atoms with E-state index in [-0.39, 0.29) is 43.3 Å². The molecule has 0 aliphatic carbocycles. The van der Waals surface area contributed by atoms with E-state index in [1.807, 2.05) is 24.3 Å². The van der Waals surface area contributed by atoms with Gasteiger partial charge in [-0.3, -0.25) is 4.79 Å². The van der Waals surface area contributed by atoms with E-state index < -0.39 is 20.7 Å². The Morgan fingerprint density at radius 3 is 2.72 bits per heavy atom. The fourth-order valence-corrected chi connectivity index (χ4v) is 6.92. The lowest BCUT2D eigenvalue weighted by atomic mass is 9.83. The zero-order valence-corrected chi connectivity index (χ0v) is 16.5. The average molecular weight is 415 g/mol. The van der Waals surface area contributed by atoms with E-state index in [4.69, 9.17) is 9.47 Å². The normalized spacial score (nSPS) is 25.9. The summed E-state index contributed by atoms with van der Waals surface area (Å²) < 4.78 is 36.1. The number of aromatic nitrogens is 2. The van der Waals surface area contributed by atoms with Crippen molar-refractivity contribution in [2.45, 2.75) is 23.7 Å². The second kappa shape index (κ2) is 6.69. The van der Waals surface area contributed by atoms with Crippen LogP contribution in [0.5, 0.6) is 11.8 Å². The van der Waals surface area contributed by atoms with Crippen LogP contribution in [-0.2, 0) is 21.1 Å². The van der Waals surface area contributed by atoms with Crippen molar-refractivity contribution in [3.63, 3.8) is 0 Å². The molecule has 5 rings (SSSR count). The number of sulfone groups is 1. The van der Waals surface area contributed by atoms with Crippen molar-refractivity contribution in [1.82, 2.24) is 14.9 Å². The SMILES string of the molecule is O=C(C1Cc2ccccc2O1)N1CC2(C1)C(COc1ncccn1)CCS2(=O)=O. The fourth-order valence-electron chi connectivity index (χ4n) is 4.52. The minimum absolute atomic E-state index is 0.115. The first-order valence-corrected chi connectivity index (χ1v) is 11.3. The van der Waals surface area contributed by atoms with Gasteiger partial charge in [0.1, 0.15) is 10.5 Å². The molecule has 3 aliphatic heterocycles. The van der Waals surface area contributed by atoms with Crippen molar-refractivity contribution in [3.05, 3.63) is 48.3 Å². The van der Waals surface area contributed by atoms with Crippen molar-refractivity contribution >= 4 is 15.7 Å². The van der Waals surface area contributed by atoms with E-state index in [0.717, 1.165) is 11.3 Å². The van der Waals surface area contributed by atoms with Gasteiger partial charge in [-0.2, -0.15) is 0 Å². The maximum absolute atomic E-state index is 12.9. The van der Waals surface area contributed by atoms with Crippen LogP contribution in [0.2, 0.25) is 0 Å². The lowest BCUT2D eigenvalue weighted by Crippen LogP contribution is -2.70. The monoisotopic (exact) mass is 415 g/mol. The zero-order chi connectivity index (χ0) is 20.1. The van der Waals surface area contributed by atoms with Crippen molar-refractivity contribution in [3.8, 4) is 11.8 Å². The lowest BCUT2D eigenvalue weighted by Gasteiger charge is -2.50. The quantitative estimate of drug-likeness (QED) is 0.731. The summed E-state index contributed by atoms with van der Waals surface area (Å²) >= 11 is 0. The van der Waals surface area contributed by atoms with E-state index in [2.05, 4.69) is 9.97 Å². The molecule has 2 fully saturated rings. The summed E-state index contributed by atoms with van der Waals surface area (Å²) in [6, 6.07) is 9.50. The Morgan fingerprint density at radius 1 is 1.21 bits per heavy atom. The van der Waals surface area contributed by atoms with Crippen LogP contribution >= 0.6 is 0 Å². The molecule has 2 atom stereocenters. The minimum atomic E-state index is -3.30. The molecule has 2 aromatic rings. The zero-order valence-electron chi connectivity index (χ0n) is 15.7. The van der Waals surface area contributed by atoms with Crippen LogP contribution in [-0.4, -0.2) is 65.5 Å². The van der Waals surface area contributed by atoms with Gasteiger partial charge < -0.3 is 14.4 Å². The summed E-state index contributed by atoms with van der Waals surface area (Å²) in [5.74, 6) is 0.495. The Hall–Kier alpha value is -2.68. The Labute approximate surface area is 168 Å². The van der Waals surface area contributed by atoms with Gasteiger partial charge in [-0.15, -0.1) is 0 Å². The molecular formula is C20H21N3O5S. The van der Waals surface area contributed by atoms with Gasteiger partial charge in [0.2, 0.25) is 0 Å². The first-order chi connectivity index (χ1) is 14.0. The number of rotatable bonds is 4. The lowest BCUT2D eigenvalue weighted by molar-refractivity contribution is -0.144. The smallest absolute Gasteiger partial charge is 0.316 e. The van der Waals surface area contributed by atoms with Crippen molar-refractivity contribution in [2.24, 2.45) is 5.92 Å². The highest BCUT2D eigenvalue weighted by Gasteiger charge is 2.63. The van der Waals surface area contributed by atoms with Gasteiger partial charge in [-0.25, -0.2) is 18.4 Å². The molecule has 2 unspecified atom stereocenters. The molecule has 1 spiro atoms. The molecule has 0 radical (unpaired) electrons. The molecule has 152 valence electrons. The molecule has 1 aromatic heterocycles. The first-order valence-electron chi connectivity index (χ1n) is 9.64. The predicted octanol–water partition coefficient (Wildman–Crippen LogP) is 0.875. The maximum Gasteiger partial charge on any atom is 0.316 e. The summed E-state index contributed by atoms with van der Waals surface area (Å²) in [6.07, 6.45) is 3.60. The van der Waals surface area contributed by atoms with E-state index >= 15 is 0 Å². The number of nitrogens with zero attached hydrogens (tertiary/aromatic N) is 3. The summed E-state index contributed by atoms with van der Waals surface area (Å²) in [5.41, 5.74) is 1.00. The number of amides is 1. The Kier molecular flexibility index (Phi) is 4.23. The summed E-state index contributed by atoms with van der Waals surface area (Å²) in [5, 5.41) is 0. The van der Waals surface area contributed by atoms with Gasteiger partial charge >= 0.3 is 6.01 Å². The molecule has 1 amide bonds. The number of hydrogen-bond donors (Lipinski definition) is 0. The number of carbonyl (C=O) groups is 1. The predicted molar refractivity (Wildman–Crippen MR) is 103 cm³/mol.